The molecule has 1 aliphatic carbocycles. The van der Waals surface area contributed by atoms with Crippen molar-refractivity contribution in [1.82, 2.24) is 15.1 Å². The van der Waals surface area contributed by atoms with E-state index >= 15 is 0 Å². The number of nitrogens with zero attached hydrogens (tertiary/aromatic N) is 2. The lowest BCUT2D eigenvalue weighted by Gasteiger charge is -2.28. The Morgan fingerprint density at radius 1 is 1.42 bits per heavy atom. The zero-order valence-electron chi connectivity index (χ0n) is 13.6. The van der Waals surface area contributed by atoms with Crippen LogP contribution in [0.5, 0.6) is 0 Å². The van der Waals surface area contributed by atoms with Gasteiger partial charge in [-0.15, -0.1) is 0 Å². The molecule has 2 atom stereocenters. The number of carbonyl (C=O) groups excluding carboxylic acids is 1. The highest BCUT2D eigenvalue weighted by atomic mass is 16.4. The van der Waals surface area contributed by atoms with Gasteiger partial charge in [0.25, 0.3) is 5.91 Å². The van der Waals surface area contributed by atoms with Crippen molar-refractivity contribution < 1.29 is 14.7 Å². The fourth-order valence-corrected chi connectivity index (χ4v) is 3.39. The first-order valence-corrected chi connectivity index (χ1v) is 8.14. The van der Waals surface area contributed by atoms with Gasteiger partial charge in [0, 0.05) is 13.2 Å². The van der Waals surface area contributed by atoms with Gasteiger partial charge < -0.3 is 10.4 Å². The topological polar surface area (TPSA) is 84.2 Å². The summed E-state index contributed by atoms with van der Waals surface area (Å²) in [6.07, 6.45) is 6.44. The van der Waals surface area contributed by atoms with Crippen LogP contribution in [0.25, 0.3) is 0 Å². The number of hydrogen-bond donors (Lipinski definition) is 2. The van der Waals surface area contributed by atoms with Crippen LogP contribution < -0.4 is 5.32 Å². The number of nitrogens with one attached hydrogen (secondary N) is 1. The van der Waals surface area contributed by atoms with Crippen LogP contribution >= 0.6 is 0 Å². The molecule has 1 amide bonds. The van der Waals surface area contributed by atoms with Crippen molar-refractivity contribution in [2.45, 2.75) is 37.6 Å². The molecule has 3 rings (SSSR count). The highest BCUT2D eigenvalue weighted by Crippen LogP contribution is 2.34. The summed E-state index contributed by atoms with van der Waals surface area (Å²) >= 11 is 0. The number of hydrogen-bond acceptors (Lipinski definition) is 3. The summed E-state index contributed by atoms with van der Waals surface area (Å²) in [5.74, 6) is -1.25. The number of benzene rings is 1. The molecule has 1 heterocycles. The maximum Gasteiger partial charge on any atom is 0.326 e. The van der Waals surface area contributed by atoms with Crippen molar-refractivity contribution in [3.63, 3.8) is 0 Å². The molecule has 24 heavy (non-hydrogen) atoms. The van der Waals surface area contributed by atoms with Gasteiger partial charge in [0.05, 0.1) is 11.8 Å². The number of carboxylic acids is 1. The largest absolute Gasteiger partial charge is 0.480 e. The minimum atomic E-state index is -1.00. The van der Waals surface area contributed by atoms with Gasteiger partial charge in [0.2, 0.25) is 0 Å². The first-order valence-electron chi connectivity index (χ1n) is 8.14. The van der Waals surface area contributed by atoms with Gasteiger partial charge in [-0.05, 0) is 42.7 Å². The van der Waals surface area contributed by atoms with Crippen LogP contribution in [0.4, 0.5) is 0 Å². The van der Waals surface area contributed by atoms with Crippen LogP contribution in [0.1, 0.15) is 46.7 Å². The number of carboxylic acid groups (broad SMARTS) is 1. The molecular formula is C18H21N3O3. The monoisotopic (exact) mass is 327 g/mol. The molecule has 0 saturated carbocycles. The van der Waals surface area contributed by atoms with E-state index in [0.717, 1.165) is 19.3 Å². The lowest BCUT2D eigenvalue weighted by Crippen LogP contribution is -2.42. The standard InChI is InChI=1S/C18H21N3O3/c1-21-11-14(10-19-21)17(22)20-16(18(23)24)9-13-7-4-6-12-5-2-3-8-15(12)13/h2-3,5,8,10-11,13,16H,4,6-7,9H2,1H3,(H,20,22)(H,23,24). The second-order valence-electron chi connectivity index (χ2n) is 6.29. The van der Waals surface area contributed by atoms with Crippen molar-refractivity contribution in [1.29, 1.82) is 0 Å². The molecule has 1 aromatic heterocycles. The Morgan fingerprint density at radius 2 is 2.21 bits per heavy atom. The lowest BCUT2D eigenvalue weighted by atomic mass is 9.79. The predicted octanol–water partition coefficient (Wildman–Crippen LogP) is 2.11. The number of fused-ring (bicyclic) bond motifs is 1. The van der Waals surface area contributed by atoms with Crippen LogP contribution in [-0.2, 0) is 18.3 Å². The third-order valence-corrected chi connectivity index (χ3v) is 4.58. The van der Waals surface area contributed by atoms with E-state index < -0.39 is 17.9 Å². The smallest absolute Gasteiger partial charge is 0.326 e. The van der Waals surface area contributed by atoms with Crippen LogP contribution in [0.3, 0.4) is 0 Å². The zero-order chi connectivity index (χ0) is 17.1. The molecule has 2 unspecified atom stereocenters. The highest BCUT2D eigenvalue weighted by molar-refractivity contribution is 5.96. The van der Waals surface area contributed by atoms with E-state index in [-0.39, 0.29) is 5.92 Å². The molecule has 6 nitrogen and oxygen atoms in total. The van der Waals surface area contributed by atoms with Crippen LogP contribution in [0.15, 0.2) is 36.7 Å². The fraction of sp³-hybridized carbons (Fsp3) is 0.389. The number of rotatable bonds is 5. The van der Waals surface area contributed by atoms with Gasteiger partial charge >= 0.3 is 5.97 Å². The summed E-state index contributed by atoms with van der Waals surface area (Å²) in [6.45, 7) is 0. The molecule has 2 aromatic rings. The summed E-state index contributed by atoms with van der Waals surface area (Å²) in [4.78, 5) is 23.9. The van der Waals surface area contributed by atoms with Crippen LogP contribution in [0, 0.1) is 0 Å². The van der Waals surface area contributed by atoms with E-state index in [1.54, 1.807) is 13.2 Å². The SMILES string of the molecule is Cn1cc(C(=O)NC(CC2CCCc3ccccc32)C(=O)O)cn1. The molecule has 0 fully saturated rings. The summed E-state index contributed by atoms with van der Waals surface area (Å²) in [7, 11) is 1.71. The molecule has 0 bridgehead atoms. The van der Waals surface area contributed by atoms with E-state index in [1.807, 2.05) is 12.1 Å². The van der Waals surface area contributed by atoms with Crippen molar-refractivity contribution in [3.8, 4) is 0 Å². The summed E-state index contributed by atoms with van der Waals surface area (Å²) in [5, 5.41) is 16.1. The third kappa shape index (κ3) is 3.48. The molecule has 0 spiro atoms. The Bertz CT molecular complexity index is 753. The quantitative estimate of drug-likeness (QED) is 0.881. The molecule has 0 saturated heterocycles. The Balaban J connectivity index is 1.73. The molecule has 126 valence electrons. The maximum absolute atomic E-state index is 12.2. The molecule has 1 aliphatic rings. The highest BCUT2D eigenvalue weighted by Gasteiger charge is 2.28. The molecule has 0 aliphatic heterocycles. The summed E-state index contributed by atoms with van der Waals surface area (Å²) in [5.41, 5.74) is 2.87. The zero-order valence-corrected chi connectivity index (χ0v) is 13.6. The first-order chi connectivity index (χ1) is 11.5. The van der Waals surface area contributed by atoms with E-state index in [0.29, 0.717) is 12.0 Å². The predicted molar refractivity (Wildman–Crippen MR) is 88.8 cm³/mol. The number of amides is 1. The average molecular weight is 327 g/mol. The number of carbonyl (C=O) groups is 2. The Labute approximate surface area is 140 Å². The van der Waals surface area contributed by atoms with Crippen molar-refractivity contribution in [2.75, 3.05) is 0 Å². The Morgan fingerprint density at radius 3 is 2.92 bits per heavy atom. The van der Waals surface area contributed by atoms with Gasteiger partial charge in [-0.3, -0.25) is 9.48 Å². The molecule has 2 N–H and O–H groups in total. The number of aromatic nitrogens is 2. The number of aliphatic carboxylic acids is 1. The normalized spacial score (nSPS) is 17.8. The van der Waals surface area contributed by atoms with Crippen molar-refractivity contribution in [2.24, 2.45) is 7.05 Å². The van der Waals surface area contributed by atoms with E-state index in [2.05, 4.69) is 22.5 Å². The Kier molecular flexibility index (Phi) is 4.64. The van der Waals surface area contributed by atoms with E-state index in [1.165, 1.54) is 22.0 Å². The van der Waals surface area contributed by atoms with Gasteiger partial charge in [0.1, 0.15) is 6.04 Å². The maximum atomic E-state index is 12.2. The average Bonchev–Trinajstić information content (AvgIpc) is 3.01. The lowest BCUT2D eigenvalue weighted by molar-refractivity contribution is -0.139. The molecular weight excluding hydrogens is 306 g/mol. The summed E-state index contributed by atoms with van der Waals surface area (Å²) < 4.78 is 1.52. The van der Waals surface area contributed by atoms with Gasteiger partial charge in [-0.2, -0.15) is 5.10 Å². The van der Waals surface area contributed by atoms with Crippen LogP contribution in [0.2, 0.25) is 0 Å². The molecule has 6 heteroatoms. The fourth-order valence-electron chi connectivity index (χ4n) is 3.39. The second-order valence-corrected chi connectivity index (χ2v) is 6.29. The minimum Gasteiger partial charge on any atom is -0.480 e. The molecule has 1 aromatic carbocycles. The van der Waals surface area contributed by atoms with E-state index in [4.69, 9.17) is 0 Å². The van der Waals surface area contributed by atoms with Crippen molar-refractivity contribution >= 4 is 11.9 Å². The van der Waals surface area contributed by atoms with Gasteiger partial charge in [-0.1, -0.05) is 24.3 Å². The minimum absolute atomic E-state index is 0.158. The number of aryl methyl sites for hydroxylation is 2. The first kappa shape index (κ1) is 16.2. The summed E-state index contributed by atoms with van der Waals surface area (Å²) in [6, 6.07) is 7.27. The second kappa shape index (κ2) is 6.86. The van der Waals surface area contributed by atoms with E-state index in [9.17, 15) is 14.7 Å². The molecule has 0 radical (unpaired) electrons. The van der Waals surface area contributed by atoms with Gasteiger partial charge in [0.15, 0.2) is 0 Å². The third-order valence-electron chi connectivity index (χ3n) is 4.58. The Hall–Kier alpha value is -2.63. The van der Waals surface area contributed by atoms with Crippen LogP contribution in [-0.4, -0.2) is 32.8 Å². The van der Waals surface area contributed by atoms with Crippen molar-refractivity contribution in [3.05, 3.63) is 53.3 Å². The van der Waals surface area contributed by atoms with Gasteiger partial charge in [-0.25, -0.2) is 4.79 Å².